The quantitative estimate of drug-likeness (QED) is 0.897. The Morgan fingerprint density at radius 2 is 1.84 bits per heavy atom. The summed E-state index contributed by atoms with van der Waals surface area (Å²) in [4.78, 5) is 12.4. The summed E-state index contributed by atoms with van der Waals surface area (Å²) in [6, 6.07) is 10.9. The summed E-state index contributed by atoms with van der Waals surface area (Å²) < 4.78 is 40.3. The summed E-state index contributed by atoms with van der Waals surface area (Å²) >= 11 is 0. The molecule has 1 heterocycles. The molecule has 25 heavy (non-hydrogen) atoms. The first-order valence-corrected chi connectivity index (χ1v) is 7.79. The van der Waals surface area contributed by atoms with E-state index in [1.807, 2.05) is 6.07 Å². The maximum absolute atomic E-state index is 12.5. The van der Waals surface area contributed by atoms with E-state index in [0.29, 0.717) is 24.7 Å². The predicted molar refractivity (Wildman–Crippen MR) is 86.4 cm³/mol. The molecule has 1 amide bonds. The van der Waals surface area contributed by atoms with Gasteiger partial charge in [-0.25, -0.2) is 0 Å². The Kier molecular flexibility index (Phi) is 5.02. The number of nitrogens with one attached hydrogen (secondary N) is 1. The number of fused-ring (bicyclic) bond motifs is 1. The zero-order valence-electron chi connectivity index (χ0n) is 13.5. The molecule has 0 aromatic heterocycles. The molecule has 3 rings (SSSR count). The van der Waals surface area contributed by atoms with Gasteiger partial charge in [-0.3, -0.25) is 4.79 Å². The first-order valence-electron chi connectivity index (χ1n) is 7.79. The van der Waals surface area contributed by atoms with Gasteiger partial charge in [-0.15, -0.1) is 0 Å². The van der Waals surface area contributed by atoms with Gasteiger partial charge < -0.3 is 19.5 Å². The summed E-state index contributed by atoms with van der Waals surface area (Å²) in [5, 5.41) is 2.77. The third-order valence-corrected chi connectivity index (χ3v) is 3.76. The van der Waals surface area contributed by atoms with Gasteiger partial charge >= 0.3 is 6.61 Å². The van der Waals surface area contributed by atoms with Crippen LogP contribution in [0.4, 0.5) is 8.78 Å². The van der Waals surface area contributed by atoms with E-state index in [4.69, 9.17) is 9.47 Å². The summed E-state index contributed by atoms with van der Waals surface area (Å²) in [5.74, 6) is 0.610. The fourth-order valence-electron chi connectivity index (χ4n) is 2.54. The number of benzene rings is 2. The van der Waals surface area contributed by atoms with Gasteiger partial charge in [0.1, 0.15) is 19.0 Å². The molecular weight excluding hydrogens is 332 g/mol. The van der Waals surface area contributed by atoms with Crippen LogP contribution in [0.5, 0.6) is 17.2 Å². The molecular formula is C18H17F2NO4. The van der Waals surface area contributed by atoms with Gasteiger partial charge in [0, 0.05) is 0 Å². The predicted octanol–water partition coefficient (Wildman–Crippen LogP) is 3.55. The van der Waals surface area contributed by atoms with E-state index in [1.165, 1.54) is 18.2 Å². The number of hydrogen-bond acceptors (Lipinski definition) is 4. The zero-order chi connectivity index (χ0) is 17.8. The molecule has 0 aliphatic carbocycles. The summed E-state index contributed by atoms with van der Waals surface area (Å²) in [6.45, 7) is -0.237. The van der Waals surface area contributed by atoms with Crippen LogP contribution in [0, 0.1) is 0 Å². The fraction of sp³-hybridized carbons (Fsp3) is 0.278. The molecule has 5 nitrogen and oxygen atoms in total. The van der Waals surface area contributed by atoms with Gasteiger partial charge in [0.05, 0.1) is 11.6 Å². The van der Waals surface area contributed by atoms with Crippen LogP contribution in [-0.2, 0) is 0 Å². The molecule has 0 fully saturated rings. The van der Waals surface area contributed by atoms with Gasteiger partial charge in [0.15, 0.2) is 11.5 Å². The summed E-state index contributed by atoms with van der Waals surface area (Å²) in [6.07, 6.45) is 0. The largest absolute Gasteiger partial charge is 0.486 e. The lowest BCUT2D eigenvalue weighted by Gasteiger charge is -2.21. The highest BCUT2D eigenvalue weighted by Gasteiger charge is 2.19. The molecule has 0 saturated heterocycles. The molecule has 2 aromatic carbocycles. The lowest BCUT2D eigenvalue weighted by molar-refractivity contribution is -0.0501. The van der Waals surface area contributed by atoms with E-state index < -0.39 is 12.5 Å². The van der Waals surface area contributed by atoms with Crippen LogP contribution in [0.25, 0.3) is 0 Å². The van der Waals surface area contributed by atoms with Crippen molar-refractivity contribution in [1.82, 2.24) is 5.32 Å². The van der Waals surface area contributed by atoms with Crippen LogP contribution in [0.15, 0.2) is 42.5 Å². The Hall–Kier alpha value is -2.83. The Bertz CT molecular complexity index is 766. The minimum Gasteiger partial charge on any atom is -0.486 e. The number of carbonyl (C=O) groups is 1. The second-order valence-electron chi connectivity index (χ2n) is 5.47. The smallest absolute Gasteiger partial charge is 0.387 e. The first-order chi connectivity index (χ1) is 12.0. The van der Waals surface area contributed by atoms with E-state index in [1.54, 1.807) is 25.1 Å². The van der Waals surface area contributed by atoms with Gasteiger partial charge in [0.25, 0.3) is 5.91 Å². The highest BCUT2D eigenvalue weighted by molar-refractivity contribution is 5.97. The standard InChI is InChI=1S/C18H17F2NO4/c1-11(12-6-7-15-16(10-12)24-9-8-23-15)21-17(22)13-4-2-3-5-14(13)25-18(19)20/h2-7,10-11,18H,8-9H2,1H3,(H,21,22). The lowest BCUT2D eigenvalue weighted by atomic mass is 10.1. The molecule has 1 aliphatic rings. The molecule has 7 heteroatoms. The van der Waals surface area contributed by atoms with Crippen molar-refractivity contribution in [3.63, 3.8) is 0 Å². The second-order valence-corrected chi connectivity index (χ2v) is 5.47. The first kappa shape index (κ1) is 17.0. The van der Waals surface area contributed by atoms with Crippen LogP contribution in [0.1, 0.15) is 28.9 Å². The molecule has 0 spiro atoms. The Balaban J connectivity index is 1.75. The van der Waals surface area contributed by atoms with E-state index >= 15 is 0 Å². The Labute approximate surface area is 143 Å². The van der Waals surface area contributed by atoms with Gasteiger partial charge in [-0.2, -0.15) is 8.78 Å². The van der Waals surface area contributed by atoms with Crippen LogP contribution in [0.2, 0.25) is 0 Å². The molecule has 1 unspecified atom stereocenters. The van der Waals surface area contributed by atoms with Crippen molar-refractivity contribution in [2.75, 3.05) is 13.2 Å². The van der Waals surface area contributed by atoms with E-state index in [-0.39, 0.29) is 17.4 Å². The van der Waals surface area contributed by atoms with Crippen LogP contribution in [0.3, 0.4) is 0 Å². The second kappa shape index (κ2) is 7.38. The topological polar surface area (TPSA) is 56.8 Å². The molecule has 1 N–H and O–H groups in total. The van der Waals surface area contributed by atoms with Crippen LogP contribution < -0.4 is 19.5 Å². The lowest BCUT2D eigenvalue weighted by Crippen LogP contribution is -2.27. The zero-order valence-corrected chi connectivity index (χ0v) is 13.5. The highest BCUT2D eigenvalue weighted by atomic mass is 19.3. The maximum Gasteiger partial charge on any atom is 0.387 e. The van der Waals surface area contributed by atoms with Crippen molar-refractivity contribution in [2.45, 2.75) is 19.6 Å². The fourth-order valence-corrected chi connectivity index (χ4v) is 2.54. The number of para-hydroxylation sites is 1. The van der Waals surface area contributed by atoms with Crippen molar-refractivity contribution < 1.29 is 27.8 Å². The van der Waals surface area contributed by atoms with Crippen LogP contribution >= 0.6 is 0 Å². The minimum atomic E-state index is -3.00. The number of alkyl halides is 2. The number of carbonyl (C=O) groups excluding carboxylic acids is 1. The molecule has 0 saturated carbocycles. The Morgan fingerprint density at radius 3 is 2.60 bits per heavy atom. The van der Waals surface area contributed by atoms with Crippen molar-refractivity contribution >= 4 is 5.91 Å². The number of amides is 1. The summed E-state index contributed by atoms with van der Waals surface area (Å²) in [7, 11) is 0. The number of ether oxygens (including phenoxy) is 3. The van der Waals surface area contributed by atoms with E-state index in [0.717, 1.165) is 5.56 Å². The minimum absolute atomic E-state index is 0.0483. The molecule has 2 aromatic rings. The van der Waals surface area contributed by atoms with Crippen molar-refractivity contribution in [1.29, 1.82) is 0 Å². The van der Waals surface area contributed by atoms with E-state index in [9.17, 15) is 13.6 Å². The molecule has 1 aliphatic heterocycles. The van der Waals surface area contributed by atoms with Crippen molar-refractivity contribution in [3.8, 4) is 17.2 Å². The van der Waals surface area contributed by atoms with Gasteiger partial charge in [-0.1, -0.05) is 18.2 Å². The van der Waals surface area contributed by atoms with Crippen molar-refractivity contribution in [3.05, 3.63) is 53.6 Å². The van der Waals surface area contributed by atoms with E-state index in [2.05, 4.69) is 10.1 Å². The molecule has 0 bridgehead atoms. The van der Waals surface area contributed by atoms with Crippen LogP contribution in [-0.4, -0.2) is 25.7 Å². The normalized spacial score (nSPS) is 14.1. The average Bonchev–Trinajstić information content (AvgIpc) is 2.61. The maximum atomic E-state index is 12.5. The Morgan fingerprint density at radius 1 is 1.12 bits per heavy atom. The number of rotatable bonds is 5. The monoisotopic (exact) mass is 349 g/mol. The molecule has 0 radical (unpaired) electrons. The number of halogens is 2. The molecule has 132 valence electrons. The third-order valence-electron chi connectivity index (χ3n) is 3.76. The van der Waals surface area contributed by atoms with Crippen molar-refractivity contribution in [2.24, 2.45) is 0 Å². The number of hydrogen-bond donors (Lipinski definition) is 1. The third kappa shape index (κ3) is 3.99. The summed E-state index contributed by atoms with van der Waals surface area (Å²) in [5.41, 5.74) is 0.858. The SMILES string of the molecule is CC(NC(=O)c1ccccc1OC(F)F)c1ccc2c(c1)OCCO2. The van der Waals surface area contributed by atoms with Gasteiger partial charge in [0.2, 0.25) is 0 Å². The highest BCUT2D eigenvalue weighted by Crippen LogP contribution is 2.32. The van der Waals surface area contributed by atoms with Gasteiger partial charge in [-0.05, 0) is 36.8 Å². The molecule has 1 atom stereocenters. The average molecular weight is 349 g/mol.